The van der Waals surface area contributed by atoms with Crippen molar-refractivity contribution in [1.29, 1.82) is 0 Å². The lowest BCUT2D eigenvalue weighted by Crippen LogP contribution is -2.51. The van der Waals surface area contributed by atoms with Crippen molar-refractivity contribution in [2.45, 2.75) is 57.3 Å². The molecule has 0 aliphatic carbocycles. The first-order valence-corrected chi connectivity index (χ1v) is 13.1. The van der Waals surface area contributed by atoms with Gasteiger partial charge in [0.1, 0.15) is 5.82 Å². The van der Waals surface area contributed by atoms with Crippen LogP contribution in [0.15, 0.2) is 12.1 Å². The fraction of sp³-hybridized carbons (Fsp3) is 0.600. The third-order valence-electron chi connectivity index (χ3n) is 6.21. The number of hydrogen-bond acceptors (Lipinski definition) is 6. The maximum absolute atomic E-state index is 12.8. The Morgan fingerprint density at radius 2 is 2.10 bits per heavy atom. The first-order valence-electron chi connectivity index (χ1n) is 10.2. The fourth-order valence-corrected chi connectivity index (χ4v) is 4.45. The van der Waals surface area contributed by atoms with Gasteiger partial charge < -0.3 is 24.9 Å². The number of carbonyl (C=O) groups excluding carboxylic acids is 2. The second-order valence-electron chi connectivity index (χ2n) is 9.58. The molecule has 1 aromatic heterocycles. The summed E-state index contributed by atoms with van der Waals surface area (Å²) in [5.74, 6) is 0.416. The predicted molar refractivity (Wildman–Crippen MR) is 117 cm³/mol. The lowest BCUT2D eigenvalue weighted by molar-refractivity contribution is -0.119. The minimum Gasteiger partial charge on any atom is -0.480 e. The summed E-state index contributed by atoms with van der Waals surface area (Å²) in [5.41, 5.74) is -0.984. The highest BCUT2D eigenvalue weighted by atomic mass is 28.4. The van der Waals surface area contributed by atoms with Crippen LogP contribution in [0.3, 0.4) is 0 Å². The molecular formula is C20H30N4O6Si. The number of nitrogens with one attached hydrogen (secondary N) is 2. The van der Waals surface area contributed by atoms with Gasteiger partial charge in [-0.1, -0.05) is 20.8 Å². The molecule has 170 valence electrons. The van der Waals surface area contributed by atoms with Crippen LogP contribution in [-0.2, 0) is 14.0 Å². The van der Waals surface area contributed by atoms with Crippen LogP contribution in [0.2, 0.25) is 18.1 Å². The van der Waals surface area contributed by atoms with Crippen LogP contribution in [0.5, 0.6) is 5.75 Å². The zero-order chi connectivity index (χ0) is 23.0. The first kappa shape index (κ1) is 23.0. The third kappa shape index (κ3) is 4.98. The van der Waals surface area contributed by atoms with E-state index in [-0.39, 0.29) is 42.2 Å². The molecule has 10 nitrogen and oxygen atoms in total. The molecular weight excluding hydrogens is 420 g/mol. The van der Waals surface area contributed by atoms with Crippen LogP contribution in [0.4, 0.5) is 16.4 Å². The maximum atomic E-state index is 12.8. The Kier molecular flexibility index (Phi) is 6.02. The van der Waals surface area contributed by atoms with Crippen LogP contribution < -0.4 is 20.3 Å². The van der Waals surface area contributed by atoms with Gasteiger partial charge in [0.25, 0.3) is 5.91 Å². The molecule has 3 N–H and O–H groups in total. The molecule has 1 saturated heterocycles. The van der Waals surface area contributed by atoms with E-state index in [1.807, 2.05) is 0 Å². The summed E-state index contributed by atoms with van der Waals surface area (Å²) in [6, 6.07) is 3.26. The second kappa shape index (κ2) is 8.12. The van der Waals surface area contributed by atoms with Gasteiger partial charge in [0.05, 0.1) is 18.5 Å². The molecule has 0 aromatic carbocycles. The van der Waals surface area contributed by atoms with Crippen molar-refractivity contribution in [3.05, 3.63) is 12.1 Å². The minimum atomic E-state index is -2.01. The van der Waals surface area contributed by atoms with Gasteiger partial charge in [0, 0.05) is 6.61 Å². The number of pyridine rings is 1. The van der Waals surface area contributed by atoms with E-state index in [2.05, 4.69) is 49.5 Å². The van der Waals surface area contributed by atoms with Gasteiger partial charge >= 0.3 is 6.09 Å². The van der Waals surface area contributed by atoms with E-state index in [1.165, 1.54) is 4.90 Å². The third-order valence-corrected chi connectivity index (χ3v) is 10.7. The summed E-state index contributed by atoms with van der Waals surface area (Å²) >= 11 is 0. The number of carbonyl (C=O) groups is 3. The molecule has 1 atom stereocenters. The van der Waals surface area contributed by atoms with E-state index in [9.17, 15) is 19.5 Å². The van der Waals surface area contributed by atoms with Crippen molar-refractivity contribution in [3.8, 4) is 5.75 Å². The molecule has 11 heteroatoms. The largest absolute Gasteiger partial charge is 0.480 e. The van der Waals surface area contributed by atoms with Crippen molar-refractivity contribution in [2.75, 3.05) is 30.0 Å². The van der Waals surface area contributed by atoms with Gasteiger partial charge in [-0.25, -0.2) is 9.78 Å². The number of fused-ring (bicyclic) bond motifs is 1. The fourth-order valence-electron chi connectivity index (χ4n) is 3.40. The van der Waals surface area contributed by atoms with E-state index >= 15 is 0 Å². The summed E-state index contributed by atoms with van der Waals surface area (Å²) in [6.07, 6.45) is -0.832. The highest BCUT2D eigenvalue weighted by Crippen LogP contribution is 2.38. The van der Waals surface area contributed by atoms with Gasteiger partial charge in [0.15, 0.2) is 26.5 Å². The second-order valence-corrected chi connectivity index (χ2v) is 14.4. The monoisotopic (exact) mass is 450 g/mol. The molecule has 1 aromatic rings. The first-order chi connectivity index (χ1) is 14.3. The quantitative estimate of drug-likeness (QED) is 0.568. The Morgan fingerprint density at radius 1 is 1.39 bits per heavy atom. The number of nitrogens with zero attached hydrogens (tertiary/aromatic N) is 2. The number of rotatable bonds is 6. The van der Waals surface area contributed by atoms with E-state index in [0.717, 1.165) is 0 Å². The number of amides is 3. The van der Waals surface area contributed by atoms with Gasteiger partial charge in [-0.15, -0.1) is 0 Å². The Hall–Kier alpha value is -2.66. The molecule has 2 aliphatic heterocycles. The number of anilines is 2. The average Bonchev–Trinajstić information content (AvgIpc) is 2.95. The van der Waals surface area contributed by atoms with Crippen LogP contribution in [0, 0.1) is 0 Å². The number of hydrogen-bond donors (Lipinski definition) is 3. The molecule has 1 unspecified atom stereocenters. The SMILES string of the molecule is CC(C)(C)[Si](C)(C)OCCC1(NC(=O)O)CC(=O)N(c2ccc3c(n2)NC(=O)CO3)C1. The van der Waals surface area contributed by atoms with Crippen LogP contribution >= 0.6 is 0 Å². The molecule has 0 spiro atoms. The summed E-state index contributed by atoms with van der Waals surface area (Å²) < 4.78 is 11.5. The summed E-state index contributed by atoms with van der Waals surface area (Å²) in [5, 5.41) is 14.6. The molecule has 2 aliphatic rings. The van der Waals surface area contributed by atoms with E-state index < -0.39 is 19.9 Å². The lowest BCUT2D eigenvalue weighted by atomic mass is 9.94. The topological polar surface area (TPSA) is 130 Å². The van der Waals surface area contributed by atoms with Crippen molar-refractivity contribution in [3.63, 3.8) is 0 Å². The summed E-state index contributed by atoms with van der Waals surface area (Å²) in [7, 11) is -2.01. The van der Waals surface area contributed by atoms with E-state index in [0.29, 0.717) is 24.6 Å². The molecule has 3 heterocycles. The lowest BCUT2D eigenvalue weighted by Gasteiger charge is -2.37. The van der Waals surface area contributed by atoms with Crippen molar-refractivity contribution < 1.29 is 28.7 Å². The van der Waals surface area contributed by atoms with Crippen molar-refractivity contribution >= 4 is 37.9 Å². The van der Waals surface area contributed by atoms with Gasteiger partial charge in [-0.05, 0) is 36.7 Å². The zero-order valence-corrected chi connectivity index (χ0v) is 19.6. The normalized spacial score (nSPS) is 21.4. The Balaban J connectivity index is 1.77. The van der Waals surface area contributed by atoms with Crippen LogP contribution in [0.25, 0.3) is 0 Å². The molecule has 0 saturated carbocycles. The highest BCUT2D eigenvalue weighted by Gasteiger charge is 2.46. The number of aromatic nitrogens is 1. The molecule has 3 rings (SSSR count). The molecule has 1 fully saturated rings. The van der Waals surface area contributed by atoms with Crippen molar-refractivity contribution in [1.82, 2.24) is 10.3 Å². The maximum Gasteiger partial charge on any atom is 0.405 e. The number of ether oxygens (including phenoxy) is 1. The minimum absolute atomic E-state index is 0.00177. The Bertz CT molecular complexity index is 900. The van der Waals surface area contributed by atoms with E-state index in [4.69, 9.17) is 9.16 Å². The summed E-state index contributed by atoms with van der Waals surface area (Å²) in [6.45, 7) is 11.0. The Labute approximate surface area is 182 Å². The number of carboxylic acid groups (broad SMARTS) is 1. The molecule has 31 heavy (non-hydrogen) atoms. The molecule has 0 bridgehead atoms. The molecule has 0 radical (unpaired) electrons. The van der Waals surface area contributed by atoms with Crippen LogP contribution in [0.1, 0.15) is 33.6 Å². The van der Waals surface area contributed by atoms with Crippen LogP contribution in [-0.4, -0.2) is 61.6 Å². The van der Waals surface area contributed by atoms with Gasteiger partial charge in [0.2, 0.25) is 5.91 Å². The Morgan fingerprint density at radius 3 is 2.74 bits per heavy atom. The standard InChI is InChI=1S/C20H30N4O6Si/c1-19(2,3)31(4,5)30-9-8-20(23-18(27)28)10-16(26)24(12-20)14-7-6-13-17(21-14)22-15(25)11-29-13/h6-7,23H,8-12H2,1-5H3,(H,27,28)(H,21,22,25). The predicted octanol–water partition coefficient (Wildman–Crippen LogP) is 2.57. The zero-order valence-electron chi connectivity index (χ0n) is 18.6. The highest BCUT2D eigenvalue weighted by molar-refractivity contribution is 6.74. The molecule has 3 amide bonds. The van der Waals surface area contributed by atoms with Crippen molar-refractivity contribution in [2.24, 2.45) is 0 Å². The summed E-state index contributed by atoms with van der Waals surface area (Å²) in [4.78, 5) is 41.7. The smallest absolute Gasteiger partial charge is 0.405 e. The van der Waals surface area contributed by atoms with Gasteiger partial charge in [-0.3, -0.25) is 14.5 Å². The average molecular weight is 451 g/mol. The van der Waals surface area contributed by atoms with E-state index in [1.54, 1.807) is 12.1 Å². The van der Waals surface area contributed by atoms with Gasteiger partial charge in [-0.2, -0.15) is 0 Å².